The van der Waals surface area contributed by atoms with E-state index in [4.69, 9.17) is 4.98 Å². The quantitative estimate of drug-likeness (QED) is 0.260. The number of nitrogens with zero attached hydrogens (tertiary/aromatic N) is 3. The van der Waals surface area contributed by atoms with Gasteiger partial charge in [0, 0.05) is 31.1 Å². The molecule has 0 unspecified atom stereocenters. The van der Waals surface area contributed by atoms with Gasteiger partial charge in [0.05, 0.1) is 16.6 Å². The highest BCUT2D eigenvalue weighted by Crippen LogP contribution is 2.32. The summed E-state index contributed by atoms with van der Waals surface area (Å²) in [5, 5.41) is 4.04. The second-order valence-electron chi connectivity index (χ2n) is 11.0. The lowest BCUT2D eigenvalue weighted by Gasteiger charge is -2.29. The first-order chi connectivity index (χ1) is 19.8. The molecule has 0 saturated carbocycles. The topological polar surface area (TPSA) is 48.5 Å². The first-order valence-corrected chi connectivity index (χ1v) is 14.3. The second kappa shape index (κ2) is 11.5. The maximum atomic E-state index is 14.2. The zero-order valence-electron chi connectivity index (χ0n) is 22.8. The number of halogens is 3. The van der Waals surface area contributed by atoms with Crippen molar-refractivity contribution in [3.8, 4) is 11.1 Å². The maximum absolute atomic E-state index is 14.2. The van der Waals surface area contributed by atoms with Gasteiger partial charge in [-0.1, -0.05) is 48.5 Å². The van der Waals surface area contributed by atoms with E-state index < -0.39 is 11.7 Å². The Morgan fingerprint density at radius 1 is 0.878 bits per heavy atom. The third kappa shape index (κ3) is 6.07. The molecule has 0 spiro atoms. The summed E-state index contributed by atoms with van der Waals surface area (Å²) >= 11 is 0. The van der Waals surface area contributed by atoms with Crippen LogP contribution >= 0.6 is 0 Å². The van der Waals surface area contributed by atoms with Crippen molar-refractivity contribution in [1.82, 2.24) is 14.8 Å². The number of pyridine rings is 1. The standard InChI is InChI=1S/C33H33F3N4O/c34-33(35,36)26-13-10-23(11-14-26)21-37-31-20-29(32(41)40-18-6-9-27(40)22-39-16-4-5-17-39)28-19-25(12-15-30(28)38-31)24-7-2-1-3-8-24/h1-3,7-8,10-15,19-20,27H,4-6,9,16-18,21-22H2,(H,37,38)/t27-/m0/s1. The van der Waals surface area contributed by atoms with E-state index in [1.54, 1.807) is 6.07 Å². The van der Waals surface area contributed by atoms with Gasteiger partial charge in [0.15, 0.2) is 0 Å². The van der Waals surface area contributed by atoms with E-state index in [9.17, 15) is 18.0 Å². The Hall–Kier alpha value is -3.91. The highest BCUT2D eigenvalue weighted by Gasteiger charge is 2.33. The Morgan fingerprint density at radius 3 is 2.37 bits per heavy atom. The number of aromatic nitrogens is 1. The van der Waals surface area contributed by atoms with Gasteiger partial charge in [-0.15, -0.1) is 0 Å². The van der Waals surface area contributed by atoms with E-state index in [0.717, 1.165) is 67.7 Å². The molecule has 8 heteroatoms. The molecule has 4 aromatic rings. The van der Waals surface area contributed by atoms with E-state index >= 15 is 0 Å². The SMILES string of the molecule is O=C(c1cc(NCc2ccc(C(F)(F)F)cc2)nc2ccc(-c3ccccc3)cc12)N1CCC[C@H]1CN1CCCC1. The maximum Gasteiger partial charge on any atom is 0.416 e. The first kappa shape index (κ1) is 27.3. The van der Waals surface area contributed by atoms with E-state index in [1.807, 2.05) is 53.4 Å². The molecular weight excluding hydrogens is 525 g/mol. The number of hydrogen-bond donors (Lipinski definition) is 1. The molecule has 0 bridgehead atoms. The molecule has 212 valence electrons. The van der Waals surface area contributed by atoms with Crippen LogP contribution in [0.4, 0.5) is 19.0 Å². The van der Waals surface area contributed by atoms with Gasteiger partial charge in [-0.3, -0.25) is 4.79 Å². The number of anilines is 1. The number of benzene rings is 3. The third-order valence-electron chi connectivity index (χ3n) is 8.21. The van der Waals surface area contributed by atoms with Crippen LogP contribution in [0.1, 0.15) is 47.2 Å². The molecule has 2 fully saturated rings. The molecule has 6 rings (SSSR count). The van der Waals surface area contributed by atoms with E-state index in [1.165, 1.54) is 25.0 Å². The molecule has 0 aliphatic carbocycles. The van der Waals surface area contributed by atoms with Gasteiger partial charge in [0.1, 0.15) is 5.82 Å². The Balaban J connectivity index is 1.32. The average Bonchev–Trinajstić information content (AvgIpc) is 3.68. The predicted octanol–water partition coefficient (Wildman–Crippen LogP) is 7.23. The van der Waals surface area contributed by atoms with Gasteiger partial charge >= 0.3 is 6.18 Å². The Morgan fingerprint density at radius 2 is 1.63 bits per heavy atom. The number of carbonyl (C=O) groups is 1. The summed E-state index contributed by atoms with van der Waals surface area (Å²) < 4.78 is 38.9. The highest BCUT2D eigenvalue weighted by atomic mass is 19.4. The largest absolute Gasteiger partial charge is 0.416 e. The van der Waals surface area contributed by atoms with Crippen LogP contribution in [-0.4, -0.2) is 52.9 Å². The molecular formula is C33H33F3N4O. The van der Waals surface area contributed by atoms with Crippen LogP contribution in [0.15, 0.2) is 78.9 Å². The number of nitrogens with one attached hydrogen (secondary N) is 1. The van der Waals surface area contributed by atoms with Gasteiger partial charge in [-0.2, -0.15) is 13.2 Å². The molecule has 2 saturated heterocycles. The van der Waals surface area contributed by atoms with E-state index in [0.29, 0.717) is 22.5 Å². The van der Waals surface area contributed by atoms with Crippen molar-refractivity contribution < 1.29 is 18.0 Å². The molecule has 2 aliphatic rings. The van der Waals surface area contributed by atoms with Crippen LogP contribution in [0.2, 0.25) is 0 Å². The number of hydrogen-bond acceptors (Lipinski definition) is 4. The van der Waals surface area contributed by atoms with Crippen LogP contribution in [0.5, 0.6) is 0 Å². The summed E-state index contributed by atoms with van der Waals surface area (Å²) in [5.41, 5.74) is 3.37. The minimum atomic E-state index is -4.37. The molecule has 1 N–H and O–H groups in total. The molecule has 3 heterocycles. The van der Waals surface area contributed by atoms with Crippen molar-refractivity contribution in [2.45, 2.75) is 44.4 Å². The van der Waals surface area contributed by atoms with Crippen molar-refractivity contribution in [2.24, 2.45) is 0 Å². The summed E-state index contributed by atoms with van der Waals surface area (Å²) in [7, 11) is 0. The molecule has 1 aromatic heterocycles. The summed E-state index contributed by atoms with van der Waals surface area (Å²) in [6.45, 7) is 4.11. The number of fused-ring (bicyclic) bond motifs is 1. The fraction of sp³-hybridized carbons (Fsp3) is 0.333. The van der Waals surface area contributed by atoms with Crippen molar-refractivity contribution in [3.05, 3.63) is 95.6 Å². The fourth-order valence-electron chi connectivity index (χ4n) is 6.02. The number of carbonyl (C=O) groups excluding carboxylic acids is 1. The van der Waals surface area contributed by atoms with Crippen LogP contribution in [-0.2, 0) is 12.7 Å². The van der Waals surface area contributed by atoms with Gasteiger partial charge in [-0.05, 0) is 85.8 Å². The van der Waals surface area contributed by atoms with Crippen LogP contribution in [0.25, 0.3) is 22.0 Å². The minimum absolute atomic E-state index is 0.00175. The van der Waals surface area contributed by atoms with E-state index in [2.05, 4.69) is 10.2 Å². The smallest absolute Gasteiger partial charge is 0.366 e. The van der Waals surface area contributed by atoms with Crippen LogP contribution < -0.4 is 5.32 Å². The van der Waals surface area contributed by atoms with Crippen molar-refractivity contribution in [3.63, 3.8) is 0 Å². The predicted molar refractivity (Wildman–Crippen MR) is 156 cm³/mol. The number of rotatable bonds is 7. The minimum Gasteiger partial charge on any atom is -0.366 e. The monoisotopic (exact) mass is 558 g/mol. The summed E-state index contributed by atoms with van der Waals surface area (Å²) in [6, 6.07) is 23.1. The van der Waals surface area contributed by atoms with Gasteiger partial charge in [0.25, 0.3) is 5.91 Å². The lowest BCUT2D eigenvalue weighted by atomic mass is 10.00. The highest BCUT2D eigenvalue weighted by molar-refractivity contribution is 6.08. The Bertz CT molecular complexity index is 1520. The summed E-state index contributed by atoms with van der Waals surface area (Å²) in [4.78, 5) is 23.5. The van der Waals surface area contributed by atoms with Crippen molar-refractivity contribution in [1.29, 1.82) is 0 Å². The molecule has 5 nitrogen and oxygen atoms in total. The Labute approximate surface area is 238 Å². The lowest BCUT2D eigenvalue weighted by Crippen LogP contribution is -2.42. The lowest BCUT2D eigenvalue weighted by molar-refractivity contribution is -0.137. The van der Waals surface area contributed by atoms with Gasteiger partial charge in [-0.25, -0.2) is 4.98 Å². The van der Waals surface area contributed by atoms with Crippen molar-refractivity contribution in [2.75, 3.05) is 31.5 Å². The molecule has 1 atom stereocenters. The van der Waals surface area contributed by atoms with Crippen LogP contribution in [0, 0.1) is 0 Å². The van der Waals surface area contributed by atoms with E-state index in [-0.39, 0.29) is 18.5 Å². The van der Waals surface area contributed by atoms with Gasteiger partial charge in [0.2, 0.25) is 0 Å². The molecule has 2 aliphatic heterocycles. The zero-order valence-corrected chi connectivity index (χ0v) is 22.8. The van der Waals surface area contributed by atoms with Crippen LogP contribution in [0.3, 0.4) is 0 Å². The summed E-state index contributed by atoms with van der Waals surface area (Å²) in [5.74, 6) is 0.519. The van der Waals surface area contributed by atoms with Crippen molar-refractivity contribution >= 4 is 22.6 Å². The molecule has 0 radical (unpaired) electrons. The normalized spacial score (nSPS) is 17.8. The molecule has 41 heavy (non-hydrogen) atoms. The molecule has 1 amide bonds. The number of amides is 1. The van der Waals surface area contributed by atoms with Gasteiger partial charge < -0.3 is 15.1 Å². The Kier molecular flexibility index (Phi) is 7.67. The fourth-order valence-corrected chi connectivity index (χ4v) is 6.02. The first-order valence-electron chi connectivity index (χ1n) is 14.3. The number of likely N-dealkylation sites (tertiary alicyclic amines) is 2. The zero-order chi connectivity index (χ0) is 28.4. The summed E-state index contributed by atoms with van der Waals surface area (Å²) in [6.07, 6.45) is 0.0425. The number of alkyl halides is 3. The third-order valence-corrected chi connectivity index (χ3v) is 8.21. The average molecular weight is 559 g/mol. The second-order valence-corrected chi connectivity index (χ2v) is 11.0. The molecule has 3 aromatic carbocycles.